The second kappa shape index (κ2) is 16.9. The number of rotatable bonds is 16. The highest BCUT2D eigenvalue weighted by molar-refractivity contribution is 7.92. The van der Waals surface area contributed by atoms with Crippen LogP contribution in [0.5, 0.6) is 5.75 Å². The quantitative estimate of drug-likeness (QED) is 0.134. The monoisotopic (exact) mass is 679 g/mol. The maximum absolute atomic E-state index is 14.6. The van der Waals surface area contributed by atoms with Crippen LogP contribution in [0.1, 0.15) is 37.8 Å². The molecule has 0 aliphatic carbocycles. The van der Waals surface area contributed by atoms with E-state index < -0.39 is 34.3 Å². The van der Waals surface area contributed by atoms with Crippen LogP contribution in [0.2, 0.25) is 5.02 Å². The van der Waals surface area contributed by atoms with Gasteiger partial charge in [0.05, 0.1) is 17.2 Å². The van der Waals surface area contributed by atoms with Crippen molar-refractivity contribution in [1.29, 1.82) is 0 Å². The van der Waals surface area contributed by atoms with E-state index in [1.807, 2.05) is 37.3 Å². The third kappa shape index (κ3) is 9.56. The van der Waals surface area contributed by atoms with Gasteiger partial charge in [-0.2, -0.15) is 0 Å². The van der Waals surface area contributed by atoms with Crippen LogP contribution in [0.15, 0.2) is 108 Å². The zero-order valence-corrected chi connectivity index (χ0v) is 28.0. The van der Waals surface area contributed by atoms with Crippen molar-refractivity contribution in [3.05, 3.63) is 125 Å². The van der Waals surface area contributed by atoms with Crippen LogP contribution in [-0.2, 0) is 32.6 Å². The second-order valence-corrected chi connectivity index (χ2v) is 13.2. The van der Waals surface area contributed by atoms with Crippen molar-refractivity contribution < 1.29 is 27.1 Å². The summed E-state index contributed by atoms with van der Waals surface area (Å²) in [6.45, 7) is 3.73. The van der Waals surface area contributed by atoms with Gasteiger partial charge in [0.1, 0.15) is 24.2 Å². The van der Waals surface area contributed by atoms with E-state index in [-0.39, 0.29) is 41.8 Å². The maximum Gasteiger partial charge on any atom is 0.264 e. The fourth-order valence-corrected chi connectivity index (χ4v) is 6.59. The largest absolute Gasteiger partial charge is 0.492 e. The first-order valence-electron chi connectivity index (χ1n) is 15.5. The first-order chi connectivity index (χ1) is 22.6. The number of anilines is 1. The average molecular weight is 680 g/mol. The summed E-state index contributed by atoms with van der Waals surface area (Å²) in [5.74, 6) is -1.19. The predicted octanol–water partition coefficient (Wildman–Crippen LogP) is 6.63. The van der Waals surface area contributed by atoms with Crippen molar-refractivity contribution in [2.75, 3.05) is 24.0 Å². The Hall–Kier alpha value is -4.41. The third-order valence-electron chi connectivity index (χ3n) is 7.48. The number of carbonyl (C=O) groups excluding carboxylic acids is 2. The molecule has 0 aliphatic rings. The lowest BCUT2D eigenvalue weighted by Crippen LogP contribution is -2.53. The SMILES string of the molecule is CCCCNC(=O)[C@@H](Cc1ccccc1)N(Cc1ccc(F)cc1)C(=O)CN(c1ccccc1OCC)S(=O)(=O)c1ccc(Cl)cc1. The van der Waals surface area contributed by atoms with Crippen molar-refractivity contribution in [1.82, 2.24) is 10.2 Å². The molecule has 1 atom stereocenters. The highest BCUT2D eigenvalue weighted by atomic mass is 35.5. The van der Waals surface area contributed by atoms with Gasteiger partial charge in [0.25, 0.3) is 10.0 Å². The van der Waals surface area contributed by atoms with Gasteiger partial charge in [-0.1, -0.05) is 79.5 Å². The topological polar surface area (TPSA) is 96.0 Å². The Bertz CT molecular complexity index is 1720. The van der Waals surface area contributed by atoms with Gasteiger partial charge >= 0.3 is 0 Å². The summed E-state index contributed by atoms with van der Waals surface area (Å²) in [6, 6.07) is 26.1. The van der Waals surface area contributed by atoms with Gasteiger partial charge in [0.15, 0.2) is 0 Å². The van der Waals surface area contributed by atoms with Crippen molar-refractivity contribution in [2.45, 2.75) is 50.6 Å². The molecule has 0 spiro atoms. The molecule has 0 heterocycles. The Morgan fingerprint density at radius 1 is 0.872 bits per heavy atom. The minimum Gasteiger partial charge on any atom is -0.492 e. The number of ether oxygens (including phenoxy) is 1. The Kier molecular flexibility index (Phi) is 12.8. The molecule has 1 N–H and O–H groups in total. The number of carbonyl (C=O) groups is 2. The third-order valence-corrected chi connectivity index (χ3v) is 9.51. The van der Waals surface area contributed by atoms with Crippen molar-refractivity contribution in [3.8, 4) is 5.75 Å². The van der Waals surface area contributed by atoms with Crippen molar-refractivity contribution in [3.63, 3.8) is 0 Å². The normalized spacial score (nSPS) is 11.8. The molecule has 4 rings (SSSR count). The minimum absolute atomic E-state index is 0.0697. The van der Waals surface area contributed by atoms with Crippen LogP contribution < -0.4 is 14.4 Å². The van der Waals surface area contributed by atoms with E-state index in [2.05, 4.69) is 5.32 Å². The Morgan fingerprint density at radius 3 is 2.19 bits per heavy atom. The molecule has 0 unspecified atom stereocenters. The number of benzene rings is 4. The molecule has 0 saturated carbocycles. The highest BCUT2D eigenvalue weighted by Crippen LogP contribution is 2.33. The molecule has 0 bridgehead atoms. The number of nitrogens with one attached hydrogen (secondary N) is 1. The first kappa shape index (κ1) is 35.4. The van der Waals surface area contributed by atoms with Gasteiger partial charge < -0.3 is 15.0 Å². The maximum atomic E-state index is 14.6. The molecular weight excluding hydrogens is 641 g/mol. The fourth-order valence-electron chi connectivity index (χ4n) is 5.03. The first-order valence-corrected chi connectivity index (χ1v) is 17.3. The number of hydrogen-bond donors (Lipinski definition) is 1. The van der Waals surface area contributed by atoms with Crippen LogP contribution in [0.25, 0.3) is 0 Å². The summed E-state index contributed by atoms with van der Waals surface area (Å²) >= 11 is 6.06. The van der Waals surface area contributed by atoms with Crippen molar-refractivity contribution >= 4 is 39.1 Å². The summed E-state index contributed by atoms with van der Waals surface area (Å²) < 4.78 is 49.2. The number of sulfonamides is 1. The standard InChI is InChI=1S/C36H39ClFN3O5S/c1-3-5-23-39-36(43)33(24-27-11-7-6-8-12-27)40(25-28-15-19-30(38)20-16-28)35(42)26-41(32-13-9-10-14-34(32)46-4-2)47(44,45)31-21-17-29(37)18-22-31/h6-22,33H,3-5,23-26H2,1-2H3,(H,39,43)/t33-/m1/s1. The number of hydrogen-bond acceptors (Lipinski definition) is 5. The van der Waals surface area contributed by atoms with Gasteiger partial charge in [-0.25, -0.2) is 12.8 Å². The smallest absolute Gasteiger partial charge is 0.264 e. The van der Waals surface area contributed by atoms with Gasteiger partial charge in [-0.15, -0.1) is 0 Å². The van der Waals surface area contributed by atoms with Crippen LogP contribution in [0, 0.1) is 5.82 Å². The number of halogens is 2. The number of para-hydroxylation sites is 2. The molecule has 248 valence electrons. The molecule has 11 heteroatoms. The molecule has 47 heavy (non-hydrogen) atoms. The van der Waals surface area contributed by atoms with Gasteiger partial charge in [0, 0.05) is 24.5 Å². The molecule has 0 aliphatic heterocycles. The molecule has 8 nitrogen and oxygen atoms in total. The zero-order valence-electron chi connectivity index (χ0n) is 26.4. The molecule has 0 fully saturated rings. The van der Waals surface area contributed by atoms with E-state index in [0.717, 1.165) is 22.7 Å². The Morgan fingerprint density at radius 2 is 1.53 bits per heavy atom. The summed E-state index contributed by atoms with van der Waals surface area (Å²) in [5.41, 5.74) is 1.54. The molecule has 0 aromatic heterocycles. The highest BCUT2D eigenvalue weighted by Gasteiger charge is 2.35. The van der Waals surface area contributed by atoms with E-state index in [1.54, 1.807) is 31.2 Å². The van der Waals surface area contributed by atoms with Crippen LogP contribution in [0.4, 0.5) is 10.1 Å². The van der Waals surface area contributed by atoms with Crippen LogP contribution in [0.3, 0.4) is 0 Å². The lowest BCUT2D eigenvalue weighted by Gasteiger charge is -2.34. The summed E-state index contributed by atoms with van der Waals surface area (Å²) in [4.78, 5) is 29.7. The summed E-state index contributed by atoms with van der Waals surface area (Å²) in [6.07, 6.45) is 1.78. The number of unbranched alkanes of at least 4 members (excludes halogenated alkanes) is 1. The van der Waals surface area contributed by atoms with Gasteiger partial charge in [-0.05, 0) is 73.0 Å². The van der Waals surface area contributed by atoms with Gasteiger partial charge in [0.2, 0.25) is 11.8 Å². The summed E-state index contributed by atoms with van der Waals surface area (Å²) in [7, 11) is -4.34. The lowest BCUT2D eigenvalue weighted by molar-refractivity contribution is -0.140. The van der Waals surface area contributed by atoms with Crippen molar-refractivity contribution in [2.24, 2.45) is 0 Å². The molecular formula is C36H39ClFN3O5S. The van der Waals surface area contributed by atoms with Crippen LogP contribution in [-0.4, -0.2) is 50.9 Å². The zero-order chi connectivity index (χ0) is 33.8. The second-order valence-electron chi connectivity index (χ2n) is 10.9. The van der Waals surface area contributed by atoms with E-state index in [0.29, 0.717) is 17.1 Å². The average Bonchev–Trinajstić information content (AvgIpc) is 3.07. The summed E-state index contributed by atoms with van der Waals surface area (Å²) in [5, 5.41) is 3.30. The Labute approximate surface area is 281 Å². The van der Waals surface area contributed by atoms with E-state index in [9.17, 15) is 22.4 Å². The minimum atomic E-state index is -4.34. The van der Waals surface area contributed by atoms with E-state index >= 15 is 0 Å². The fraction of sp³-hybridized carbons (Fsp3) is 0.278. The Balaban J connectivity index is 1.82. The number of amides is 2. The molecule has 2 amide bonds. The molecule has 4 aromatic rings. The molecule has 4 aromatic carbocycles. The predicted molar refractivity (Wildman–Crippen MR) is 182 cm³/mol. The van der Waals surface area contributed by atoms with Gasteiger partial charge in [-0.3, -0.25) is 13.9 Å². The molecule has 0 saturated heterocycles. The van der Waals surface area contributed by atoms with Crippen LogP contribution >= 0.6 is 11.6 Å². The number of nitrogens with zero attached hydrogens (tertiary/aromatic N) is 2. The molecule has 0 radical (unpaired) electrons. The van der Waals surface area contributed by atoms with E-state index in [4.69, 9.17) is 16.3 Å². The van der Waals surface area contributed by atoms with E-state index in [1.165, 1.54) is 53.4 Å². The lowest BCUT2D eigenvalue weighted by atomic mass is 10.0.